The van der Waals surface area contributed by atoms with Crippen LogP contribution in [0.15, 0.2) is 110 Å². The molecule has 0 unspecified atom stereocenters. The molecule has 0 fully saturated rings. The predicted molar refractivity (Wildman–Crippen MR) is 228 cm³/mol. The first-order valence-corrected chi connectivity index (χ1v) is 19.9. The third-order valence-electron chi connectivity index (χ3n) is 11.4. The summed E-state index contributed by atoms with van der Waals surface area (Å²) in [5.74, 6) is 0. The molecule has 6 rings (SSSR count). The number of nitrogens with zero attached hydrogens (tertiary/aromatic N) is 4. The Balaban J connectivity index is 1.45. The minimum Gasteiger partial charge on any atom is -0.260 e. The second-order valence-electron chi connectivity index (χ2n) is 16.9. The van der Waals surface area contributed by atoms with Crippen molar-refractivity contribution >= 4 is 0 Å². The normalized spacial score (nSPS) is 12.3. The van der Waals surface area contributed by atoms with Gasteiger partial charge in [0.15, 0.2) is 0 Å². The van der Waals surface area contributed by atoms with Crippen LogP contribution < -0.4 is 0 Å². The summed E-state index contributed by atoms with van der Waals surface area (Å²) in [4.78, 5) is 19.7. The molecule has 0 N–H and O–H groups in total. The minimum absolute atomic E-state index is 0.00177. The predicted octanol–water partition coefficient (Wildman–Crippen LogP) is 13.4. The zero-order valence-electron chi connectivity index (χ0n) is 34.2. The number of rotatable bonds is 12. The maximum absolute atomic E-state index is 5.05. The summed E-state index contributed by atoms with van der Waals surface area (Å²) < 4.78 is 0. The first kappa shape index (κ1) is 38.8. The van der Waals surface area contributed by atoms with Gasteiger partial charge in [0.05, 0.1) is 11.4 Å². The highest BCUT2D eigenvalue weighted by molar-refractivity contribution is 5.82. The van der Waals surface area contributed by atoms with Gasteiger partial charge in [0.2, 0.25) is 0 Å². The van der Waals surface area contributed by atoms with Crippen molar-refractivity contribution in [2.24, 2.45) is 0 Å². The summed E-state index contributed by atoms with van der Waals surface area (Å²) >= 11 is 0. The van der Waals surface area contributed by atoms with E-state index >= 15 is 0 Å². The largest absolute Gasteiger partial charge is 0.260 e. The third kappa shape index (κ3) is 7.94. The molecular weight excluding hydrogens is 657 g/mol. The van der Waals surface area contributed by atoms with Crippen LogP contribution in [0.5, 0.6) is 0 Å². The SMILES string of the molecule is CCCCC(C)(C)c1ccc(-c2ccc(-c3cccc(-c4ccc(-c5ccc(C(C)(C)C)nc5)nc4)c3C(CC)(CC)c3cc(C)cc(C)c3)cn2)cn1. The van der Waals surface area contributed by atoms with E-state index in [1.165, 1.54) is 46.2 Å². The molecule has 6 aromatic rings. The molecule has 4 heterocycles. The summed E-state index contributed by atoms with van der Waals surface area (Å²) in [5, 5.41) is 0. The lowest BCUT2D eigenvalue weighted by molar-refractivity contribution is 0.446. The fourth-order valence-electron chi connectivity index (χ4n) is 8.09. The van der Waals surface area contributed by atoms with Crippen LogP contribution in [0, 0.1) is 13.8 Å². The summed E-state index contributed by atoms with van der Waals surface area (Å²) in [6.45, 7) is 22.5. The molecule has 0 bridgehead atoms. The highest BCUT2D eigenvalue weighted by Gasteiger charge is 2.36. The second-order valence-corrected chi connectivity index (χ2v) is 16.9. The topological polar surface area (TPSA) is 51.6 Å². The molecule has 2 aromatic carbocycles. The van der Waals surface area contributed by atoms with E-state index in [2.05, 4.69) is 154 Å². The van der Waals surface area contributed by atoms with Crippen LogP contribution in [0.3, 0.4) is 0 Å². The van der Waals surface area contributed by atoms with E-state index in [0.29, 0.717) is 0 Å². The lowest BCUT2D eigenvalue weighted by Crippen LogP contribution is -2.28. The number of hydrogen-bond donors (Lipinski definition) is 0. The van der Waals surface area contributed by atoms with E-state index in [4.69, 9.17) is 19.9 Å². The maximum atomic E-state index is 5.05. The molecular formula is C50H58N4. The van der Waals surface area contributed by atoms with Crippen molar-refractivity contribution in [1.29, 1.82) is 0 Å². The molecule has 0 amide bonds. The summed E-state index contributed by atoms with van der Waals surface area (Å²) in [6.07, 6.45) is 13.4. The molecule has 0 saturated heterocycles. The summed E-state index contributed by atoms with van der Waals surface area (Å²) in [6, 6.07) is 31.1. The molecule has 54 heavy (non-hydrogen) atoms. The Morgan fingerprint density at radius 2 is 1.00 bits per heavy atom. The van der Waals surface area contributed by atoms with Gasteiger partial charge < -0.3 is 0 Å². The van der Waals surface area contributed by atoms with Crippen LogP contribution in [0.1, 0.15) is 121 Å². The first-order valence-electron chi connectivity index (χ1n) is 19.9. The quantitative estimate of drug-likeness (QED) is 0.127. The lowest BCUT2D eigenvalue weighted by atomic mass is 9.66. The van der Waals surface area contributed by atoms with Crippen molar-refractivity contribution in [3.8, 4) is 44.8 Å². The average Bonchev–Trinajstić information content (AvgIpc) is 3.17. The Bertz CT molecular complexity index is 2150. The number of benzene rings is 2. The van der Waals surface area contributed by atoms with Gasteiger partial charge in [0.25, 0.3) is 0 Å². The van der Waals surface area contributed by atoms with Gasteiger partial charge >= 0.3 is 0 Å². The zero-order valence-corrected chi connectivity index (χ0v) is 34.2. The van der Waals surface area contributed by atoms with Crippen molar-refractivity contribution < 1.29 is 0 Å². The fourth-order valence-corrected chi connectivity index (χ4v) is 8.09. The van der Waals surface area contributed by atoms with Crippen LogP contribution in [-0.2, 0) is 16.2 Å². The Hall–Kier alpha value is -4.96. The van der Waals surface area contributed by atoms with Crippen LogP contribution >= 0.6 is 0 Å². The lowest BCUT2D eigenvalue weighted by Gasteiger charge is -2.37. The van der Waals surface area contributed by atoms with Crippen LogP contribution in [0.2, 0.25) is 0 Å². The Morgan fingerprint density at radius 1 is 0.519 bits per heavy atom. The van der Waals surface area contributed by atoms with E-state index in [0.717, 1.165) is 64.3 Å². The standard InChI is InChI=1S/C50H58N4/c1-11-14-26-49(9,10)46-25-21-39(33-54-46)44-23-19-37(31-52-44)42-17-15-16-41(47(42)50(12-2,13-3)40-28-34(4)27-35(5)29-40)36-18-22-43(51-30-36)38-20-24-45(53-32-38)48(6,7)8/h15-25,27-33H,11-14,26H2,1-10H3. The van der Waals surface area contributed by atoms with Crippen molar-refractivity contribution in [2.45, 2.75) is 118 Å². The molecule has 0 aliphatic rings. The van der Waals surface area contributed by atoms with Gasteiger partial charge in [-0.2, -0.15) is 0 Å². The number of hydrogen-bond acceptors (Lipinski definition) is 4. The molecule has 0 spiro atoms. The molecule has 4 aromatic heterocycles. The number of aryl methyl sites for hydroxylation is 2. The molecule has 0 saturated carbocycles. The fraction of sp³-hybridized carbons (Fsp3) is 0.360. The Morgan fingerprint density at radius 3 is 1.41 bits per heavy atom. The molecule has 0 aliphatic heterocycles. The van der Waals surface area contributed by atoms with Gasteiger partial charge in [-0.3, -0.25) is 19.9 Å². The third-order valence-corrected chi connectivity index (χ3v) is 11.4. The molecule has 0 aliphatic carbocycles. The van der Waals surface area contributed by atoms with E-state index in [9.17, 15) is 0 Å². The molecule has 0 atom stereocenters. The smallest absolute Gasteiger partial charge is 0.0717 e. The van der Waals surface area contributed by atoms with E-state index in [-0.39, 0.29) is 16.2 Å². The molecule has 4 heteroatoms. The van der Waals surface area contributed by atoms with Crippen molar-refractivity contribution in [3.63, 3.8) is 0 Å². The van der Waals surface area contributed by atoms with E-state index in [1.807, 2.05) is 24.8 Å². The van der Waals surface area contributed by atoms with Crippen LogP contribution in [-0.4, -0.2) is 19.9 Å². The number of unbranched alkanes of at least 4 members (excludes halogenated alkanes) is 1. The molecule has 4 nitrogen and oxygen atoms in total. The monoisotopic (exact) mass is 714 g/mol. The van der Waals surface area contributed by atoms with Gasteiger partial charge in [-0.15, -0.1) is 0 Å². The van der Waals surface area contributed by atoms with Crippen molar-refractivity contribution in [3.05, 3.63) is 143 Å². The number of pyridine rings is 4. The molecule has 278 valence electrons. The van der Waals surface area contributed by atoms with Crippen LogP contribution in [0.25, 0.3) is 44.8 Å². The van der Waals surface area contributed by atoms with E-state index < -0.39 is 0 Å². The Labute approximate surface area is 324 Å². The number of aromatic nitrogens is 4. The van der Waals surface area contributed by atoms with Crippen molar-refractivity contribution in [1.82, 2.24) is 19.9 Å². The van der Waals surface area contributed by atoms with Gasteiger partial charge in [0, 0.05) is 74.7 Å². The van der Waals surface area contributed by atoms with Gasteiger partial charge in [-0.1, -0.05) is 128 Å². The van der Waals surface area contributed by atoms with E-state index in [1.54, 1.807) is 0 Å². The Kier molecular flexibility index (Phi) is 11.3. The first-order chi connectivity index (χ1) is 25.8. The zero-order chi connectivity index (χ0) is 38.7. The maximum Gasteiger partial charge on any atom is 0.0717 e. The average molecular weight is 715 g/mol. The van der Waals surface area contributed by atoms with Crippen LogP contribution in [0.4, 0.5) is 0 Å². The van der Waals surface area contributed by atoms with Gasteiger partial charge in [-0.25, -0.2) is 0 Å². The van der Waals surface area contributed by atoms with Gasteiger partial charge in [-0.05, 0) is 91.8 Å². The highest BCUT2D eigenvalue weighted by Crippen LogP contribution is 2.48. The van der Waals surface area contributed by atoms with Crippen molar-refractivity contribution in [2.75, 3.05) is 0 Å². The highest BCUT2D eigenvalue weighted by atomic mass is 14.7. The van der Waals surface area contributed by atoms with Gasteiger partial charge in [0.1, 0.15) is 0 Å². The molecule has 0 radical (unpaired) electrons. The summed E-state index contributed by atoms with van der Waals surface area (Å²) in [7, 11) is 0. The second kappa shape index (κ2) is 15.8. The minimum atomic E-state index is -0.239. The summed E-state index contributed by atoms with van der Waals surface area (Å²) in [5.41, 5.74) is 15.8.